The molecule has 92 valence electrons. The smallest absolute Gasteiger partial charge is 0.166 e. The summed E-state index contributed by atoms with van der Waals surface area (Å²) in [6, 6.07) is 9.41. The predicted octanol–water partition coefficient (Wildman–Crippen LogP) is 1.57. The van der Waals surface area contributed by atoms with Crippen LogP contribution in [0.3, 0.4) is 0 Å². The molecule has 1 aromatic carbocycles. The molecule has 1 heterocycles. The summed E-state index contributed by atoms with van der Waals surface area (Å²) >= 11 is 0. The van der Waals surface area contributed by atoms with E-state index in [4.69, 9.17) is 0 Å². The second kappa shape index (κ2) is 5.43. The molecule has 0 aromatic heterocycles. The number of Topliss-reactive ketones (excluding diaryl/α,β-unsaturated/α-hetero) is 1. The number of carbonyl (C=O) groups is 1. The summed E-state index contributed by atoms with van der Waals surface area (Å²) in [4.78, 5) is 14.3. The van der Waals surface area contributed by atoms with E-state index in [2.05, 4.69) is 4.90 Å². The molecule has 1 saturated heterocycles. The first-order valence-corrected chi connectivity index (χ1v) is 6.16. The number of β-amino-alcohol motifs (C(OH)–C–C–N with tert-alkyl or cyclic N) is 1. The van der Waals surface area contributed by atoms with Crippen molar-refractivity contribution in [2.75, 3.05) is 19.6 Å². The van der Waals surface area contributed by atoms with Gasteiger partial charge in [0, 0.05) is 31.1 Å². The van der Waals surface area contributed by atoms with Gasteiger partial charge >= 0.3 is 0 Å². The number of carbonyl (C=O) groups excluding carboxylic acids is 1. The van der Waals surface area contributed by atoms with E-state index in [-0.39, 0.29) is 17.8 Å². The number of hydrogen-bond acceptors (Lipinski definition) is 3. The van der Waals surface area contributed by atoms with Crippen LogP contribution in [0.2, 0.25) is 0 Å². The van der Waals surface area contributed by atoms with Gasteiger partial charge in [-0.05, 0) is 6.42 Å². The van der Waals surface area contributed by atoms with Crippen LogP contribution in [0, 0.1) is 5.92 Å². The van der Waals surface area contributed by atoms with Crippen molar-refractivity contribution in [2.45, 2.75) is 19.4 Å². The van der Waals surface area contributed by atoms with Crippen LogP contribution in [0.1, 0.15) is 23.7 Å². The minimum absolute atomic E-state index is 0.0114. The predicted molar refractivity (Wildman–Crippen MR) is 67.0 cm³/mol. The molecule has 0 bridgehead atoms. The molecule has 3 heteroatoms. The lowest BCUT2D eigenvalue weighted by Crippen LogP contribution is -2.30. The highest BCUT2D eigenvalue weighted by atomic mass is 16.3. The Morgan fingerprint density at radius 2 is 2.18 bits per heavy atom. The molecule has 0 spiro atoms. The van der Waals surface area contributed by atoms with Crippen LogP contribution in [-0.2, 0) is 0 Å². The second-order valence-electron chi connectivity index (χ2n) is 4.83. The summed E-state index contributed by atoms with van der Waals surface area (Å²) in [7, 11) is 0. The Morgan fingerprint density at radius 3 is 2.76 bits per heavy atom. The number of nitrogens with zero attached hydrogens (tertiary/aromatic N) is 1. The number of likely N-dealkylation sites (tertiary alicyclic amines) is 1. The van der Waals surface area contributed by atoms with Crippen molar-refractivity contribution < 1.29 is 9.90 Å². The van der Waals surface area contributed by atoms with Crippen LogP contribution in [0.5, 0.6) is 0 Å². The van der Waals surface area contributed by atoms with Gasteiger partial charge in [-0.15, -0.1) is 0 Å². The van der Waals surface area contributed by atoms with Crippen molar-refractivity contribution in [3.8, 4) is 0 Å². The molecule has 17 heavy (non-hydrogen) atoms. The molecule has 1 fully saturated rings. The molecule has 1 aliphatic rings. The summed E-state index contributed by atoms with van der Waals surface area (Å²) in [5.74, 6) is 0.176. The number of aliphatic hydroxyl groups is 1. The third kappa shape index (κ3) is 3.14. The molecule has 2 atom stereocenters. The van der Waals surface area contributed by atoms with Crippen LogP contribution in [-0.4, -0.2) is 41.5 Å². The molecule has 3 nitrogen and oxygen atoms in total. The van der Waals surface area contributed by atoms with E-state index in [9.17, 15) is 9.90 Å². The Morgan fingerprint density at radius 1 is 1.47 bits per heavy atom. The normalized spacial score (nSPS) is 22.6. The lowest BCUT2D eigenvalue weighted by atomic mass is 9.99. The third-order valence-electron chi connectivity index (χ3n) is 3.29. The molecule has 0 saturated carbocycles. The van der Waals surface area contributed by atoms with Crippen molar-refractivity contribution >= 4 is 5.78 Å². The minimum Gasteiger partial charge on any atom is -0.392 e. The zero-order valence-corrected chi connectivity index (χ0v) is 10.2. The Hall–Kier alpha value is -1.19. The topological polar surface area (TPSA) is 40.5 Å². The Kier molecular flexibility index (Phi) is 3.92. The van der Waals surface area contributed by atoms with E-state index in [1.807, 2.05) is 37.3 Å². The first-order chi connectivity index (χ1) is 8.16. The lowest BCUT2D eigenvalue weighted by molar-refractivity contribution is 0.0895. The van der Waals surface area contributed by atoms with E-state index in [1.54, 1.807) is 0 Å². The summed E-state index contributed by atoms with van der Waals surface area (Å²) in [6.07, 6.45) is 0.612. The zero-order valence-electron chi connectivity index (χ0n) is 10.2. The summed E-state index contributed by atoms with van der Waals surface area (Å²) in [5.41, 5.74) is 0.778. The maximum atomic E-state index is 12.1. The van der Waals surface area contributed by atoms with Crippen molar-refractivity contribution in [3.63, 3.8) is 0 Å². The molecule has 1 N–H and O–H groups in total. The third-order valence-corrected chi connectivity index (χ3v) is 3.29. The van der Waals surface area contributed by atoms with Gasteiger partial charge in [0.2, 0.25) is 0 Å². The van der Waals surface area contributed by atoms with Gasteiger partial charge in [-0.3, -0.25) is 9.69 Å². The first-order valence-electron chi connectivity index (χ1n) is 6.16. The Labute approximate surface area is 102 Å². The van der Waals surface area contributed by atoms with E-state index in [0.717, 1.165) is 25.1 Å². The quantitative estimate of drug-likeness (QED) is 0.803. The van der Waals surface area contributed by atoms with Gasteiger partial charge in [-0.25, -0.2) is 0 Å². The molecular formula is C14H19NO2. The van der Waals surface area contributed by atoms with E-state index in [1.165, 1.54) is 0 Å². The monoisotopic (exact) mass is 233 g/mol. The largest absolute Gasteiger partial charge is 0.392 e. The standard InChI is InChI=1S/C14H19NO2/c1-11(9-15-8-7-13(16)10-15)14(17)12-5-3-2-4-6-12/h2-6,11,13,16H,7-10H2,1H3. The second-order valence-corrected chi connectivity index (χ2v) is 4.83. The maximum absolute atomic E-state index is 12.1. The number of aliphatic hydroxyl groups excluding tert-OH is 1. The summed E-state index contributed by atoms with van der Waals surface area (Å²) < 4.78 is 0. The fourth-order valence-corrected chi connectivity index (χ4v) is 2.34. The average molecular weight is 233 g/mol. The summed E-state index contributed by atoms with van der Waals surface area (Å²) in [6.45, 7) is 4.30. The van der Waals surface area contributed by atoms with Gasteiger partial charge in [0.15, 0.2) is 5.78 Å². The van der Waals surface area contributed by atoms with Crippen molar-refractivity contribution in [3.05, 3.63) is 35.9 Å². The fourth-order valence-electron chi connectivity index (χ4n) is 2.34. The molecule has 2 unspecified atom stereocenters. The van der Waals surface area contributed by atoms with Gasteiger partial charge in [-0.2, -0.15) is 0 Å². The average Bonchev–Trinajstić information content (AvgIpc) is 2.75. The molecule has 1 aromatic rings. The molecular weight excluding hydrogens is 214 g/mol. The van der Waals surface area contributed by atoms with Crippen LogP contribution in [0.4, 0.5) is 0 Å². The zero-order chi connectivity index (χ0) is 12.3. The van der Waals surface area contributed by atoms with E-state index in [0.29, 0.717) is 6.54 Å². The molecule has 0 aliphatic carbocycles. The van der Waals surface area contributed by atoms with Crippen molar-refractivity contribution in [2.24, 2.45) is 5.92 Å². The van der Waals surface area contributed by atoms with Gasteiger partial charge in [-0.1, -0.05) is 37.3 Å². The van der Waals surface area contributed by atoms with Crippen LogP contribution in [0.15, 0.2) is 30.3 Å². The number of ketones is 1. The van der Waals surface area contributed by atoms with E-state index >= 15 is 0 Å². The first kappa shape index (κ1) is 12.3. The number of hydrogen-bond donors (Lipinski definition) is 1. The Bertz CT molecular complexity index is 377. The van der Waals surface area contributed by atoms with E-state index < -0.39 is 0 Å². The van der Waals surface area contributed by atoms with Crippen LogP contribution >= 0.6 is 0 Å². The number of rotatable bonds is 4. The van der Waals surface area contributed by atoms with Gasteiger partial charge in [0.05, 0.1) is 6.10 Å². The number of benzene rings is 1. The highest BCUT2D eigenvalue weighted by Crippen LogP contribution is 2.14. The van der Waals surface area contributed by atoms with Crippen molar-refractivity contribution in [1.29, 1.82) is 0 Å². The SMILES string of the molecule is CC(CN1CCC(O)C1)C(=O)c1ccccc1. The Balaban J connectivity index is 1.92. The lowest BCUT2D eigenvalue weighted by Gasteiger charge is -2.19. The minimum atomic E-state index is -0.214. The summed E-state index contributed by atoms with van der Waals surface area (Å²) in [5, 5.41) is 9.44. The van der Waals surface area contributed by atoms with Gasteiger partial charge < -0.3 is 5.11 Å². The highest BCUT2D eigenvalue weighted by Gasteiger charge is 2.24. The van der Waals surface area contributed by atoms with Gasteiger partial charge in [0.1, 0.15) is 0 Å². The highest BCUT2D eigenvalue weighted by molar-refractivity contribution is 5.97. The molecule has 2 rings (SSSR count). The molecule has 0 radical (unpaired) electrons. The maximum Gasteiger partial charge on any atom is 0.166 e. The van der Waals surface area contributed by atoms with Crippen LogP contribution in [0.25, 0.3) is 0 Å². The van der Waals surface area contributed by atoms with Gasteiger partial charge in [0.25, 0.3) is 0 Å². The molecule has 0 amide bonds. The molecule has 1 aliphatic heterocycles. The van der Waals surface area contributed by atoms with Crippen molar-refractivity contribution in [1.82, 2.24) is 4.90 Å². The fraction of sp³-hybridized carbons (Fsp3) is 0.500. The van der Waals surface area contributed by atoms with Crippen LogP contribution < -0.4 is 0 Å².